The van der Waals surface area contributed by atoms with E-state index in [1.54, 1.807) is 0 Å². The van der Waals surface area contributed by atoms with Crippen molar-refractivity contribution in [3.05, 3.63) is 46.3 Å². The number of carbonyl (C=O) groups is 1. The van der Waals surface area contributed by atoms with E-state index in [9.17, 15) is 4.79 Å². The molecule has 0 bridgehead atoms. The van der Waals surface area contributed by atoms with Crippen LogP contribution in [0.2, 0.25) is 5.02 Å². The molecule has 0 unspecified atom stereocenters. The van der Waals surface area contributed by atoms with Gasteiger partial charge in [-0.3, -0.25) is 4.79 Å². The minimum atomic E-state index is 0.0142. The molecule has 0 fully saturated rings. The summed E-state index contributed by atoms with van der Waals surface area (Å²) >= 11 is 7.53. The molecule has 1 atom stereocenters. The molecular weight excluding hydrogens is 326 g/mol. The summed E-state index contributed by atoms with van der Waals surface area (Å²) in [5, 5.41) is 3.80. The van der Waals surface area contributed by atoms with Crippen LogP contribution in [0.5, 0.6) is 0 Å². The number of carbonyl (C=O) groups excluding carboxylic acids is 1. The van der Waals surface area contributed by atoms with Crippen LogP contribution in [-0.2, 0) is 0 Å². The summed E-state index contributed by atoms with van der Waals surface area (Å²) in [7, 11) is 0. The molecule has 1 aromatic carbocycles. The maximum absolute atomic E-state index is 12.3. The Hall–Kier alpha value is -1.32. The van der Waals surface area contributed by atoms with Crippen LogP contribution in [0.1, 0.15) is 49.7 Å². The number of halogens is 1. The number of hydrogen-bond donors (Lipinski definition) is 1. The molecule has 0 aliphatic rings. The van der Waals surface area contributed by atoms with Crippen molar-refractivity contribution in [3.63, 3.8) is 0 Å². The fraction of sp³-hybridized carbons (Fsp3) is 0.421. The molecule has 1 amide bonds. The molecule has 0 saturated carbocycles. The van der Waals surface area contributed by atoms with Gasteiger partial charge < -0.3 is 5.32 Å². The lowest BCUT2D eigenvalue weighted by molar-refractivity contribution is 0.0942. The number of thiophene rings is 1. The molecule has 0 spiro atoms. The van der Waals surface area contributed by atoms with Gasteiger partial charge in [0.05, 0.1) is 4.88 Å². The third-order valence-corrected chi connectivity index (χ3v) is 5.10. The predicted octanol–water partition coefficient (Wildman–Crippen LogP) is 6.01. The van der Waals surface area contributed by atoms with Gasteiger partial charge in [0.2, 0.25) is 0 Å². The van der Waals surface area contributed by atoms with Crippen molar-refractivity contribution in [2.24, 2.45) is 5.92 Å². The molecule has 1 heterocycles. The monoisotopic (exact) mass is 349 g/mol. The van der Waals surface area contributed by atoms with E-state index >= 15 is 0 Å². The molecule has 2 nitrogen and oxygen atoms in total. The Kier molecular flexibility index (Phi) is 6.67. The smallest absolute Gasteiger partial charge is 0.261 e. The van der Waals surface area contributed by atoms with Crippen molar-refractivity contribution >= 4 is 28.8 Å². The number of benzene rings is 1. The Bertz CT molecular complexity index is 650. The summed E-state index contributed by atoms with van der Waals surface area (Å²) in [6.45, 7) is 6.53. The van der Waals surface area contributed by atoms with Gasteiger partial charge in [0.1, 0.15) is 0 Å². The largest absolute Gasteiger partial charge is 0.349 e. The van der Waals surface area contributed by atoms with Gasteiger partial charge in [-0.2, -0.15) is 0 Å². The lowest BCUT2D eigenvalue weighted by atomic mass is 10.0. The van der Waals surface area contributed by atoms with Crippen molar-refractivity contribution in [1.82, 2.24) is 5.32 Å². The second-order valence-electron chi connectivity index (χ2n) is 6.37. The maximum Gasteiger partial charge on any atom is 0.261 e. The lowest BCUT2D eigenvalue weighted by Gasteiger charge is -2.13. The predicted molar refractivity (Wildman–Crippen MR) is 100 cm³/mol. The van der Waals surface area contributed by atoms with E-state index in [1.165, 1.54) is 17.8 Å². The fourth-order valence-electron chi connectivity index (χ4n) is 2.46. The van der Waals surface area contributed by atoms with Crippen LogP contribution in [0.15, 0.2) is 36.4 Å². The van der Waals surface area contributed by atoms with Crippen LogP contribution in [0.4, 0.5) is 0 Å². The maximum atomic E-state index is 12.3. The van der Waals surface area contributed by atoms with Crippen LogP contribution in [0.3, 0.4) is 0 Å². The molecule has 1 N–H and O–H groups in total. The average molecular weight is 350 g/mol. The normalized spacial score (nSPS) is 12.4. The van der Waals surface area contributed by atoms with Crippen molar-refractivity contribution in [3.8, 4) is 10.4 Å². The highest BCUT2D eigenvalue weighted by atomic mass is 35.5. The zero-order valence-corrected chi connectivity index (χ0v) is 15.5. The summed E-state index contributed by atoms with van der Waals surface area (Å²) in [5.74, 6) is 0.732. The van der Waals surface area contributed by atoms with Gasteiger partial charge in [0, 0.05) is 15.9 Å². The molecule has 0 radical (unpaired) electrons. The van der Waals surface area contributed by atoms with Gasteiger partial charge in [-0.05, 0) is 49.1 Å². The molecular formula is C19H24ClNOS. The van der Waals surface area contributed by atoms with E-state index in [-0.39, 0.29) is 11.9 Å². The first-order valence-electron chi connectivity index (χ1n) is 8.12. The highest BCUT2D eigenvalue weighted by molar-refractivity contribution is 7.17. The van der Waals surface area contributed by atoms with Crippen LogP contribution < -0.4 is 5.32 Å². The Morgan fingerprint density at radius 3 is 2.65 bits per heavy atom. The van der Waals surface area contributed by atoms with Gasteiger partial charge >= 0.3 is 0 Å². The number of amides is 1. The van der Waals surface area contributed by atoms with Crippen LogP contribution >= 0.6 is 22.9 Å². The Balaban J connectivity index is 1.93. The molecule has 0 aliphatic heterocycles. The molecule has 2 rings (SSSR count). The van der Waals surface area contributed by atoms with Crippen LogP contribution in [0, 0.1) is 5.92 Å². The van der Waals surface area contributed by atoms with Crippen molar-refractivity contribution < 1.29 is 4.79 Å². The quantitative estimate of drug-likeness (QED) is 0.651. The molecule has 2 aromatic rings. The van der Waals surface area contributed by atoms with E-state index in [1.807, 2.05) is 36.4 Å². The highest BCUT2D eigenvalue weighted by Gasteiger charge is 2.13. The highest BCUT2D eigenvalue weighted by Crippen LogP contribution is 2.29. The molecule has 23 heavy (non-hydrogen) atoms. The van der Waals surface area contributed by atoms with Crippen molar-refractivity contribution in [2.75, 3.05) is 0 Å². The Labute approximate surface area is 147 Å². The molecule has 0 aliphatic carbocycles. The van der Waals surface area contributed by atoms with Gasteiger partial charge in [-0.1, -0.05) is 50.4 Å². The topological polar surface area (TPSA) is 29.1 Å². The number of hydrogen-bond acceptors (Lipinski definition) is 2. The van der Waals surface area contributed by atoms with E-state index in [2.05, 4.69) is 26.1 Å². The van der Waals surface area contributed by atoms with Crippen LogP contribution in [0.25, 0.3) is 10.4 Å². The molecule has 124 valence electrons. The summed E-state index contributed by atoms with van der Waals surface area (Å²) < 4.78 is 0. The standard InChI is InChI=1S/C19H24ClNOS/c1-13(2)6-4-7-14(3)21-19(22)18-11-10-17(23-18)15-8-5-9-16(20)12-15/h5,8-14H,4,6-7H2,1-3H3,(H,21,22)/t14-/m1/s1. The minimum absolute atomic E-state index is 0.0142. The zero-order chi connectivity index (χ0) is 16.8. The number of rotatable bonds is 7. The summed E-state index contributed by atoms with van der Waals surface area (Å²) in [5.41, 5.74) is 1.05. The van der Waals surface area contributed by atoms with Gasteiger partial charge in [0.25, 0.3) is 5.91 Å². The summed E-state index contributed by atoms with van der Waals surface area (Å²) in [6.07, 6.45) is 3.38. The zero-order valence-electron chi connectivity index (χ0n) is 13.9. The first kappa shape index (κ1) is 18.0. The Morgan fingerprint density at radius 1 is 1.17 bits per heavy atom. The van der Waals surface area contributed by atoms with Gasteiger partial charge in [-0.25, -0.2) is 0 Å². The first-order chi connectivity index (χ1) is 11.0. The van der Waals surface area contributed by atoms with E-state index in [0.29, 0.717) is 5.02 Å². The average Bonchev–Trinajstić information content (AvgIpc) is 2.96. The van der Waals surface area contributed by atoms with E-state index in [0.717, 1.165) is 34.1 Å². The second kappa shape index (κ2) is 8.51. The minimum Gasteiger partial charge on any atom is -0.349 e. The summed E-state index contributed by atoms with van der Waals surface area (Å²) in [6, 6.07) is 11.8. The lowest BCUT2D eigenvalue weighted by Crippen LogP contribution is -2.31. The van der Waals surface area contributed by atoms with Crippen LogP contribution in [-0.4, -0.2) is 11.9 Å². The SMILES string of the molecule is CC(C)CCC[C@@H](C)NC(=O)c1ccc(-c2cccc(Cl)c2)s1. The summed E-state index contributed by atoms with van der Waals surface area (Å²) in [4.78, 5) is 14.1. The Morgan fingerprint density at radius 2 is 1.96 bits per heavy atom. The molecule has 1 aromatic heterocycles. The van der Waals surface area contributed by atoms with E-state index < -0.39 is 0 Å². The van der Waals surface area contributed by atoms with Crippen molar-refractivity contribution in [1.29, 1.82) is 0 Å². The molecule has 0 saturated heterocycles. The van der Waals surface area contributed by atoms with E-state index in [4.69, 9.17) is 11.6 Å². The third-order valence-electron chi connectivity index (χ3n) is 3.74. The fourth-order valence-corrected chi connectivity index (χ4v) is 3.55. The third kappa shape index (κ3) is 5.67. The van der Waals surface area contributed by atoms with Gasteiger partial charge in [-0.15, -0.1) is 11.3 Å². The number of nitrogens with one attached hydrogen (secondary N) is 1. The second-order valence-corrected chi connectivity index (χ2v) is 7.89. The first-order valence-corrected chi connectivity index (χ1v) is 9.32. The molecule has 4 heteroatoms. The van der Waals surface area contributed by atoms with Gasteiger partial charge in [0.15, 0.2) is 0 Å². The van der Waals surface area contributed by atoms with Crippen molar-refractivity contribution in [2.45, 2.75) is 46.1 Å².